The molecule has 0 fully saturated rings. The number of halogens is 2. The lowest BCUT2D eigenvalue weighted by atomic mass is 9.99. The lowest BCUT2D eigenvalue weighted by molar-refractivity contribution is -0.125. The Hall–Kier alpha value is -3.09. The second-order valence-electron chi connectivity index (χ2n) is 6.90. The average Bonchev–Trinajstić information content (AvgIpc) is 2.73. The first-order valence-corrected chi connectivity index (χ1v) is 9.91. The van der Waals surface area contributed by atoms with E-state index in [9.17, 15) is 13.6 Å². The highest BCUT2D eigenvalue weighted by Crippen LogP contribution is 2.26. The Morgan fingerprint density at radius 1 is 1.43 bits per heavy atom. The third kappa shape index (κ3) is 6.20. The van der Waals surface area contributed by atoms with E-state index >= 15 is 0 Å². The summed E-state index contributed by atoms with van der Waals surface area (Å²) in [4.78, 5) is 22.0. The molecule has 1 aliphatic heterocycles. The molecule has 5 nitrogen and oxygen atoms in total. The highest BCUT2D eigenvalue weighted by molar-refractivity contribution is 6.14. The highest BCUT2D eigenvalue weighted by atomic mass is 19.3. The first kappa shape index (κ1) is 23.2. The van der Waals surface area contributed by atoms with Crippen molar-refractivity contribution in [1.29, 1.82) is 0 Å². The molecule has 0 unspecified atom stereocenters. The van der Waals surface area contributed by atoms with Crippen molar-refractivity contribution in [3.05, 3.63) is 72.4 Å². The van der Waals surface area contributed by atoms with Crippen LogP contribution >= 0.6 is 0 Å². The molecule has 0 saturated carbocycles. The van der Waals surface area contributed by atoms with Crippen molar-refractivity contribution in [2.75, 3.05) is 18.4 Å². The van der Waals surface area contributed by atoms with E-state index < -0.39 is 5.92 Å². The smallest absolute Gasteiger partial charge is 0.286 e. The van der Waals surface area contributed by atoms with E-state index in [0.717, 1.165) is 30.3 Å². The summed E-state index contributed by atoms with van der Waals surface area (Å²) in [5.74, 6) is -3.08. The van der Waals surface area contributed by atoms with Gasteiger partial charge in [0.25, 0.3) is 5.92 Å². The molecule has 0 spiro atoms. The van der Waals surface area contributed by atoms with Crippen molar-refractivity contribution in [3.63, 3.8) is 0 Å². The number of carbonyl (C=O) groups excluding carboxylic acids is 1. The van der Waals surface area contributed by atoms with Gasteiger partial charge in [0.2, 0.25) is 5.91 Å². The SMILES string of the molecule is C=CC(=O)N1CC=C(C(=N\C=C/C)/C(=C/CC)Nc2ccc(C(C)(F)F)nc2)CC1. The number of aromatic nitrogens is 1. The van der Waals surface area contributed by atoms with Crippen LogP contribution < -0.4 is 5.32 Å². The molecular formula is C23H28F2N4O. The topological polar surface area (TPSA) is 57.6 Å². The quantitative estimate of drug-likeness (QED) is 0.469. The molecule has 160 valence electrons. The number of alkyl halides is 2. The van der Waals surface area contributed by atoms with Gasteiger partial charge in [0.1, 0.15) is 5.69 Å². The summed E-state index contributed by atoms with van der Waals surface area (Å²) < 4.78 is 26.9. The molecule has 2 rings (SSSR count). The Morgan fingerprint density at radius 3 is 2.70 bits per heavy atom. The number of hydrogen-bond donors (Lipinski definition) is 1. The number of nitrogens with one attached hydrogen (secondary N) is 1. The van der Waals surface area contributed by atoms with Gasteiger partial charge in [0.15, 0.2) is 0 Å². The Morgan fingerprint density at radius 2 is 2.20 bits per heavy atom. The first-order valence-electron chi connectivity index (χ1n) is 9.91. The predicted molar refractivity (Wildman–Crippen MR) is 118 cm³/mol. The summed E-state index contributed by atoms with van der Waals surface area (Å²) in [6, 6.07) is 2.89. The molecule has 0 bridgehead atoms. The van der Waals surface area contributed by atoms with Gasteiger partial charge in [0.05, 0.1) is 23.3 Å². The van der Waals surface area contributed by atoms with E-state index in [2.05, 4.69) is 21.9 Å². The molecule has 0 aliphatic carbocycles. The van der Waals surface area contributed by atoms with Gasteiger partial charge in [-0.25, -0.2) is 0 Å². The van der Waals surface area contributed by atoms with Crippen molar-refractivity contribution < 1.29 is 13.6 Å². The summed E-state index contributed by atoms with van der Waals surface area (Å²) in [6.45, 7) is 9.30. The second-order valence-corrected chi connectivity index (χ2v) is 6.90. The fourth-order valence-electron chi connectivity index (χ4n) is 2.98. The van der Waals surface area contributed by atoms with Crippen LogP contribution in [-0.2, 0) is 10.7 Å². The van der Waals surface area contributed by atoms with Crippen molar-refractivity contribution in [2.24, 2.45) is 4.99 Å². The zero-order chi connectivity index (χ0) is 22.1. The lowest BCUT2D eigenvalue weighted by Crippen LogP contribution is -2.35. The fraction of sp³-hybridized carbons (Fsp3) is 0.348. The van der Waals surface area contributed by atoms with Crippen LogP contribution in [0.4, 0.5) is 14.5 Å². The van der Waals surface area contributed by atoms with Crippen molar-refractivity contribution in [3.8, 4) is 0 Å². The van der Waals surface area contributed by atoms with Crippen molar-refractivity contribution in [1.82, 2.24) is 9.88 Å². The third-order valence-electron chi connectivity index (χ3n) is 4.51. The maximum Gasteiger partial charge on any atom is 0.286 e. The molecule has 0 radical (unpaired) electrons. The minimum Gasteiger partial charge on any atom is -0.353 e. The van der Waals surface area contributed by atoms with Gasteiger partial charge in [-0.15, -0.1) is 0 Å². The minimum absolute atomic E-state index is 0.0985. The highest BCUT2D eigenvalue weighted by Gasteiger charge is 2.26. The molecule has 1 aromatic heterocycles. The summed E-state index contributed by atoms with van der Waals surface area (Å²) in [5.41, 5.74) is 2.85. The molecule has 1 amide bonds. The maximum absolute atomic E-state index is 13.4. The van der Waals surface area contributed by atoms with Gasteiger partial charge in [-0.2, -0.15) is 8.78 Å². The first-order chi connectivity index (χ1) is 14.3. The third-order valence-corrected chi connectivity index (χ3v) is 4.51. The average molecular weight is 415 g/mol. The Bertz CT molecular complexity index is 877. The number of allylic oxidation sites excluding steroid dienone is 3. The number of aliphatic imine (C=N–C) groups is 1. The van der Waals surface area contributed by atoms with Crippen LogP contribution in [-0.4, -0.2) is 34.6 Å². The van der Waals surface area contributed by atoms with Gasteiger partial charge >= 0.3 is 0 Å². The Balaban J connectivity index is 2.31. The molecule has 30 heavy (non-hydrogen) atoms. The van der Waals surface area contributed by atoms with Crippen LogP contribution in [0.5, 0.6) is 0 Å². The maximum atomic E-state index is 13.4. The molecule has 1 N–H and O–H groups in total. The van der Waals surface area contributed by atoms with E-state index in [1.54, 1.807) is 17.2 Å². The number of rotatable bonds is 8. The van der Waals surface area contributed by atoms with Crippen LogP contribution in [0.2, 0.25) is 0 Å². The predicted octanol–water partition coefficient (Wildman–Crippen LogP) is 5.22. The standard InChI is InChI=1S/C23H28F2N4O/c1-5-8-19(28-18-9-10-20(27-16-18)23(4,24)25)22(26-13-6-2)17-11-14-29(15-12-17)21(30)7-3/h6-11,13,16,28H,3,5,12,14-15H2,1-2,4H3/b13-6-,19-8-,26-22+. The number of pyridine rings is 1. The summed E-state index contributed by atoms with van der Waals surface area (Å²) in [7, 11) is 0. The minimum atomic E-state index is -2.99. The summed E-state index contributed by atoms with van der Waals surface area (Å²) in [5, 5.41) is 3.26. The molecule has 0 aromatic carbocycles. The zero-order valence-electron chi connectivity index (χ0n) is 17.7. The lowest BCUT2D eigenvalue weighted by Gasteiger charge is -2.27. The van der Waals surface area contributed by atoms with Gasteiger partial charge in [-0.05, 0) is 43.5 Å². The largest absolute Gasteiger partial charge is 0.353 e. The van der Waals surface area contributed by atoms with E-state index in [4.69, 9.17) is 0 Å². The Kier molecular flexibility index (Phi) is 8.21. The van der Waals surface area contributed by atoms with Crippen LogP contribution in [0.1, 0.15) is 39.3 Å². The molecule has 0 atom stereocenters. The molecule has 0 saturated heterocycles. The summed E-state index contributed by atoms with van der Waals surface area (Å²) in [6.07, 6.45) is 11.6. The Labute approximate surface area is 176 Å². The van der Waals surface area contributed by atoms with Crippen molar-refractivity contribution >= 4 is 17.3 Å². The van der Waals surface area contributed by atoms with Gasteiger partial charge in [0, 0.05) is 26.2 Å². The molecule has 1 aliphatic rings. The van der Waals surface area contributed by atoms with Crippen LogP contribution in [0.3, 0.4) is 0 Å². The number of nitrogens with zero attached hydrogens (tertiary/aromatic N) is 3. The molecular weight excluding hydrogens is 386 g/mol. The number of amides is 1. The fourth-order valence-corrected chi connectivity index (χ4v) is 2.98. The van der Waals surface area contributed by atoms with E-state index in [1.165, 1.54) is 18.3 Å². The van der Waals surface area contributed by atoms with E-state index in [0.29, 0.717) is 25.2 Å². The van der Waals surface area contributed by atoms with Crippen molar-refractivity contribution in [2.45, 2.75) is 39.5 Å². The van der Waals surface area contributed by atoms with Crippen LogP contribution in [0, 0.1) is 0 Å². The van der Waals surface area contributed by atoms with Crippen LogP contribution in [0.25, 0.3) is 0 Å². The number of anilines is 1. The van der Waals surface area contributed by atoms with Gasteiger partial charge < -0.3 is 10.2 Å². The zero-order valence-corrected chi connectivity index (χ0v) is 17.7. The van der Waals surface area contributed by atoms with Gasteiger partial charge in [-0.3, -0.25) is 14.8 Å². The normalized spacial score (nSPS) is 15.9. The molecule has 7 heteroatoms. The second kappa shape index (κ2) is 10.6. The number of carbonyl (C=O) groups is 1. The monoisotopic (exact) mass is 414 g/mol. The van der Waals surface area contributed by atoms with Gasteiger partial charge in [-0.1, -0.05) is 31.7 Å². The van der Waals surface area contributed by atoms with E-state index in [-0.39, 0.29) is 11.6 Å². The molecule has 2 heterocycles. The number of hydrogen-bond acceptors (Lipinski definition) is 4. The summed E-state index contributed by atoms with van der Waals surface area (Å²) >= 11 is 0. The molecule has 1 aromatic rings. The van der Waals surface area contributed by atoms with E-state index in [1.807, 2.05) is 32.1 Å². The van der Waals surface area contributed by atoms with Crippen LogP contribution in [0.15, 0.2) is 71.7 Å².